The van der Waals surface area contributed by atoms with Crippen molar-refractivity contribution in [3.63, 3.8) is 0 Å². The number of rotatable bonds is 3. The van der Waals surface area contributed by atoms with E-state index in [1.54, 1.807) is 0 Å². The average molecular weight is 277 g/mol. The summed E-state index contributed by atoms with van der Waals surface area (Å²) in [5, 5.41) is 5.39. The normalized spacial score (nSPS) is 11.3. The number of halogens is 1. The summed E-state index contributed by atoms with van der Waals surface area (Å²) in [4.78, 5) is 4.73. The van der Waals surface area contributed by atoms with Crippen LogP contribution in [0.25, 0.3) is 10.9 Å². The van der Waals surface area contributed by atoms with E-state index >= 15 is 0 Å². The van der Waals surface area contributed by atoms with E-state index in [9.17, 15) is 0 Å². The molecule has 3 heteroatoms. The Hall–Kier alpha value is -1.28. The van der Waals surface area contributed by atoms with Crippen LogP contribution in [0.3, 0.4) is 0 Å². The molecule has 0 amide bonds. The van der Waals surface area contributed by atoms with Crippen LogP contribution in [-0.4, -0.2) is 11.5 Å². The Labute approximate surface area is 120 Å². The SMILES string of the molecule is CCNc1c(C(C)C)c(C)nc2c(Cl)ccc(C)c12. The van der Waals surface area contributed by atoms with Crippen molar-refractivity contribution < 1.29 is 0 Å². The molecule has 0 spiro atoms. The van der Waals surface area contributed by atoms with Crippen LogP contribution in [-0.2, 0) is 0 Å². The summed E-state index contributed by atoms with van der Waals surface area (Å²) < 4.78 is 0. The predicted molar refractivity (Wildman–Crippen MR) is 84.5 cm³/mol. The van der Waals surface area contributed by atoms with Gasteiger partial charge >= 0.3 is 0 Å². The first-order valence-electron chi connectivity index (χ1n) is 6.80. The Balaban J connectivity index is 2.94. The first-order chi connectivity index (χ1) is 8.97. The lowest BCUT2D eigenvalue weighted by Crippen LogP contribution is -2.07. The van der Waals surface area contributed by atoms with Gasteiger partial charge in [0.1, 0.15) is 0 Å². The molecule has 0 aliphatic heterocycles. The highest BCUT2D eigenvalue weighted by Gasteiger charge is 2.17. The second-order valence-corrected chi connectivity index (χ2v) is 5.67. The van der Waals surface area contributed by atoms with Crippen molar-refractivity contribution in [3.05, 3.63) is 34.0 Å². The summed E-state index contributed by atoms with van der Waals surface area (Å²) in [6.45, 7) is 11.6. The molecule has 1 heterocycles. The highest BCUT2D eigenvalue weighted by Crippen LogP contribution is 2.37. The molecule has 0 aliphatic carbocycles. The van der Waals surface area contributed by atoms with Crippen LogP contribution in [0.5, 0.6) is 0 Å². The van der Waals surface area contributed by atoms with Crippen LogP contribution in [0.2, 0.25) is 5.02 Å². The summed E-state index contributed by atoms with van der Waals surface area (Å²) in [7, 11) is 0. The fraction of sp³-hybridized carbons (Fsp3) is 0.438. The molecule has 0 unspecified atom stereocenters. The van der Waals surface area contributed by atoms with Gasteiger partial charge in [0.2, 0.25) is 0 Å². The van der Waals surface area contributed by atoms with E-state index in [-0.39, 0.29) is 0 Å². The minimum Gasteiger partial charge on any atom is -0.384 e. The monoisotopic (exact) mass is 276 g/mol. The lowest BCUT2D eigenvalue weighted by atomic mass is 9.95. The molecule has 2 nitrogen and oxygen atoms in total. The van der Waals surface area contributed by atoms with Gasteiger partial charge in [0.05, 0.1) is 10.5 Å². The number of nitrogens with zero attached hydrogens (tertiary/aromatic N) is 1. The van der Waals surface area contributed by atoms with Gasteiger partial charge in [-0.25, -0.2) is 0 Å². The highest BCUT2D eigenvalue weighted by atomic mass is 35.5. The zero-order chi connectivity index (χ0) is 14.2. The van der Waals surface area contributed by atoms with Gasteiger partial charge in [0.25, 0.3) is 0 Å². The van der Waals surface area contributed by atoms with E-state index in [1.165, 1.54) is 16.8 Å². The zero-order valence-corrected chi connectivity index (χ0v) is 13.0. The van der Waals surface area contributed by atoms with Crippen LogP contribution in [0.15, 0.2) is 12.1 Å². The maximum absolute atomic E-state index is 6.31. The fourth-order valence-electron chi connectivity index (χ4n) is 2.70. The standard InChI is InChI=1S/C16H21ClN2/c1-6-18-16-13(9(2)3)11(5)19-15-12(17)8-7-10(4)14(15)16/h7-9H,6H2,1-5H3,(H,18,19). The second-order valence-electron chi connectivity index (χ2n) is 5.26. The number of anilines is 1. The lowest BCUT2D eigenvalue weighted by Gasteiger charge is -2.20. The molecule has 0 aliphatic rings. The Morgan fingerprint density at radius 2 is 1.95 bits per heavy atom. The summed E-state index contributed by atoms with van der Waals surface area (Å²) in [6.07, 6.45) is 0. The van der Waals surface area contributed by atoms with Crippen LogP contribution < -0.4 is 5.32 Å². The van der Waals surface area contributed by atoms with E-state index in [0.717, 1.165) is 28.2 Å². The Kier molecular flexibility index (Phi) is 4.00. The molecule has 0 fully saturated rings. The Bertz CT molecular complexity index is 618. The molecule has 0 saturated carbocycles. The van der Waals surface area contributed by atoms with Gasteiger partial charge in [-0.2, -0.15) is 0 Å². The summed E-state index contributed by atoms with van der Waals surface area (Å²) in [5.74, 6) is 0.435. The summed E-state index contributed by atoms with van der Waals surface area (Å²) in [5.41, 5.74) is 5.66. The first-order valence-corrected chi connectivity index (χ1v) is 7.18. The van der Waals surface area contributed by atoms with Crippen molar-refractivity contribution in [3.8, 4) is 0 Å². The van der Waals surface area contributed by atoms with Crippen molar-refractivity contribution in [2.75, 3.05) is 11.9 Å². The van der Waals surface area contributed by atoms with Crippen molar-refractivity contribution in [1.29, 1.82) is 0 Å². The molecule has 0 radical (unpaired) electrons. The molecule has 1 N–H and O–H groups in total. The number of pyridine rings is 1. The predicted octanol–water partition coefficient (Wildman–Crippen LogP) is 5.06. The topological polar surface area (TPSA) is 24.9 Å². The van der Waals surface area contributed by atoms with Crippen LogP contribution in [0.1, 0.15) is 43.5 Å². The van der Waals surface area contributed by atoms with E-state index in [4.69, 9.17) is 16.6 Å². The number of hydrogen-bond acceptors (Lipinski definition) is 2. The Morgan fingerprint density at radius 3 is 2.53 bits per heavy atom. The number of nitrogens with one attached hydrogen (secondary N) is 1. The minimum atomic E-state index is 0.435. The average Bonchev–Trinajstić information content (AvgIpc) is 2.33. The van der Waals surface area contributed by atoms with Gasteiger partial charge in [0, 0.05) is 23.3 Å². The minimum absolute atomic E-state index is 0.435. The number of aryl methyl sites for hydroxylation is 2. The van der Waals surface area contributed by atoms with Crippen molar-refractivity contribution in [2.24, 2.45) is 0 Å². The van der Waals surface area contributed by atoms with Crippen LogP contribution in [0.4, 0.5) is 5.69 Å². The van der Waals surface area contributed by atoms with Gasteiger partial charge in [-0.1, -0.05) is 31.5 Å². The van der Waals surface area contributed by atoms with Crippen molar-refractivity contribution in [2.45, 2.75) is 40.5 Å². The first kappa shape index (κ1) is 14.1. The zero-order valence-electron chi connectivity index (χ0n) is 12.3. The summed E-state index contributed by atoms with van der Waals surface area (Å²) in [6, 6.07) is 3.99. The molecule has 19 heavy (non-hydrogen) atoms. The van der Waals surface area contributed by atoms with E-state index < -0.39 is 0 Å². The largest absolute Gasteiger partial charge is 0.384 e. The maximum Gasteiger partial charge on any atom is 0.0914 e. The van der Waals surface area contributed by atoms with Gasteiger partial charge in [-0.15, -0.1) is 0 Å². The number of hydrogen-bond donors (Lipinski definition) is 1. The van der Waals surface area contributed by atoms with Crippen molar-refractivity contribution in [1.82, 2.24) is 4.98 Å². The Morgan fingerprint density at radius 1 is 1.26 bits per heavy atom. The second kappa shape index (κ2) is 5.38. The van der Waals surface area contributed by atoms with Crippen LogP contribution in [0, 0.1) is 13.8 Å². The maximum atomic E-state index is 6.31. The van der Waals surface area contributed by atoms with E-state index in [2.05, 4.69) is 46.0 Å². The molecular weight excluding hydrogens is 256 g/mol. The lowest BCUT2D eigenvalue weighted by molar-refractivity contribution is 0.848. The molecule has 102 valence electrons. The van der Waals surface area contributed by atoms with E-state index in [0.29, 0.717) is 5.92 Å². The van der Waals surface area contributed by atoms with Gasteiger partial charge in [-0.05, 0) is 43.9 Å². The molecule has 2 aromatic rings. The quantitative estimate of drug-likeness (QED) is 0.847. The third-order valence-corrected chi connectivity index (χ3v) is 3.76. The van der Waals surface area contributed by atoms with Crippen LogP contribution >= 0.6 is 11.6 Å². The summed E-state index contributed by atoms with van der Waals surface area (Å²) >= 11 is 6.31. The van der Waals surface area contributed by atoms with E-state index in [1.807, 2.05) is 6.07 Å². The van der Waals surface area contributed by atoms with Gasteiger partial charge in [0.15, 0.2) is 0 Å². The fourth-order valence-corrected chi connectivity index (χ4v) is 2.90. The number of benzene rings is 1. The molecule has 1 aromatic carbocycles. The molecule has 2 rings (SSSR count). The van der Waals surface area contributed by atoms with Crippen molar-refractivity contribution >= 4 is 28.2 Å². The number of fused-ring (bicyclic) bond motifs is 1. The smallest absolute Gasteiger partial charge is 0.0914 e. The number of aromatic nitrogens is 1. The molecule has 0 saturated heterocycles. The highest BCUT2D eigenvalue weighted by molar-refractivity contribution is 6.35. The third kappa shape index (κ3) is 2.42. The molecule has 0 bridgehead atoms. The molecular formula is C16H21ClN2. The third-order valence-electron chi connectivity index (χ3n) is 3.46. The molecule has 1 aromatic heterocycles. The molecule has 0 atom stereocenters. The van der Waals surface area contributed by atoms with Gasteiger partial charge in [-0.3, -0.25) is 4.98 Å². The van der Waals surface area contributed by atoms with Gasteiger partial charge < -0.3 is 5.32 Å².